The van der Waals surface area contributed by atoms with Gasteiger partial charge in [0.1, 0.15) is 11.6 Å². The lowest BCUT2D eigenvalue weighted by Crippen LogP contribution is -2.48. The van der Waals surface area contributed by atoms with E-state index in [9.17, 15) is 4.79 Å². The molecule has 0 unspecified atom stereocenters. The predicted octanol–water partition coefficient (Wildman–Crippen LogP) is 4.27. The molecule has 8 nitrogen and oxygen atoms in total. The topological polar surface area (TPSA) is 98.1 Å². The molecule has 4 aromatic rings. The van der Waals surface area contributed by atoms with Gasteiger partial charge >= 0.3 is 0 Å². The number of ether oxygens (including phenoxy) is 1. The third-order valence-corrected chi connectivity index (χ3v) is 7.32. The molecule has 37 heavy (non-hydrogen) atoms. The smallest absolute Gasteiger partial charge is 0.253 e. The number of aromatic nitrogens is 3. The van der Waals surface area contributed by atoms with Crippen LogP contribution in [-0.2, 0) is 4.74 Å². The number of H-pyrrole nitrogens is 1. The summed E-state index contributed by atoms with van der Waals surface area (Å²) in [5.74, 6) is 1.97. The van der Waals surface area contributed by atoms with Crippen molar-refractivity contribution in [2.75, 3.05) is 44.3 Å². The first-order valence-corrected chi connectivity index (χ1v) is 12.7. The van der Waals surface area contributed by atoms with Crippen molar-refractivity contribution in [1.82, 2.24) is 19.9 Å². The molecular formula is C29H28N6O2. The van der Waals surface area contributed by atoms with E-state index in [1.807, 2.05) is 66.6 Å². The first kappa shape index (κ1) is 23.2. The van der Waals surface area contributed by atoms with Crippen LogP contribution in [0, 0.1) is 18.3 Å². The number of rotatable bonds is 4. The highest BCUT2D eigenvalue weighted by Gasteiger charge is 2.32. The number of likely N-dealkylation sites (tertiary alicyclic amines) is 1. The number of fused-ring (bicyclic) bond motifs is 1. The SMILES string of the molecule is Cc1ccc(C(=O)N2CC(c3ccc(C#N)cc3)C2)cc1-c1nc2cc(N3CCCOCC3)ncc2[nH]1. The summed E-state index contributed by atoms with van der Waals surface area (Å²) in [6, 6.07) is 17.6. The summed E-state index contributed by atoms with van der Waals surface area (Å²) in [5, 5.41) is 9.00. The molecule has 6 rings (SSSR count). The molecule has 2 aromatic heterocycles. The number of imidazole rings is 1. The zero-order chi connectivity index (χ0) is 25.4. The maximum absolute atomic E-state index is 13.2. The number of carbonyl (C=O) groups is 1. The molecule has 0 aliphatic carbocycles. The van der Waals surface area contributed by atoms with E-state index in [-0.39, 0.29) is 5.91 Å². The minimum absolute atomic E-state index is 0.0228. The molecule has 0 radical (unpaired) electrons. The fourth-order valence-corrected chi connectivity index (χ4v) is 5.05. The number of aromatic amines is 1. The number of nitrogens with zero attached hydrogens (tertiary/aromatic N) is 5. The molecule has 4 heterocycles. The molecule has 0 bridgehead atoms. The number of hydrogen-bond donors (Lipinski definition) is 1. The van der Waals surface area contributed by atoms with Crippen LogP contribution in [0.25, 0.3) is 22.4 Å². The normalized spacial score (nSPS) is 16.3. The second-order valence-corrected chi connectivity index (χ2v) is 9.77. The van der Waals surface area contributed by atoms with Gasteiger partial charge in [0.2, 0.25) is 0 Å². The zero-order valence-electron chi connectivity index (χ0n) is 20.8. The van der Waals surface area contributed by atoms with Gasteiger partial charge in [-0.05, 0) is 48.7 Å². The van der Waals surface area contributed by atoms with E-state index >= 15 is 0 Å². The summed E-state index contributed by atoms with van der Waals surface area (Å²) < 4.78 is 5.57. The molecule has 1 amide bonds. The van der Waals surface area contributed by atoms with Gasteiger partial charge in [-0.25, -0.2) is 9.97 Å². The summed E-state index contributed by atoms with van der Waals surface area (Å²) in [5.41, 5.74) is 6.15. The summed E-state index contributed by atoms with van der Waals surface area (Å²) in [6.07, 6.45) is 2.82. The molecule has 0 spiro atoms. The third-order valence-electron chi connectivity index (χ3n) is 7.32. The number of anilines is 1. The molecule has 2 aliphatic rings. The van der Waals surface area contributed by atoms with Crippen LogP contribution in [0.3, 0.4) is 0 Å². The highest BCUT2D eigenvalue weighted by molar-refractivity contribution is 5.96. The van der Waals surface area contributed by atoms with Gasteiger partial charge < -0.3 is 19.5 Å². The number of nitrogens with one attached hydrogen (secondary N) is 1. The largest absolute Gasteiger partial charge is 0.380 e. The lowest BCUT2D eigenvalue weighted by molar-refractivity contribution is 0.0602. The monoisotopic (exact) mass is 492 g/mol. The molecule has 2 aliphatic heterocycles. The summed E-state index contributed by atoms with van der Waals surface area (Å²) >= 11 is 0. The number of aryl methyl sites for hydroxylation is 1. The second-order valence-electron chi connectivity index (χ2n) is 9.77. The molecule has 2 fully saturated rings. The summed E-state index contributed by atoms with van der Waals surface area (Å²) in [7, 11) is 0. The molecule has 2 aromatic carbocycles. The molecule has 2 saturated heterocycles. The minimum Gasteiger partial charge on any atom is -0.380 e. The molecule has 0 atom stereocenters. The fraction of sp³-hybridized carbons (Fsp3) is 0.310. The molecule has 8 heteroatoms. The van der Waals surface area contributed by atoms with Crippen molar-refractivity contribution in [3.05, 3.63) is 77.0 Å². The lowest BCUT2D eigenvalue weighted by atomic mass is 9.90. The van der Waals surface area contributed by atoms with Crippen molar-refractivity contribution in [1.29, 1.82) is 5.26 Å². The maximum Gasteiger partial charge on any atom is 0.253 e. The number of carbonyl (C=O) groups excluding carboxylic acids is 1. The van der Waals surface area contributed by atoms with Crippen molar-refractivity contribution >= 4 is 22.8 Å². The lowest BCUT2D eigenvalue weighted by Gasteiger charge is -2.39. The Morgan fingerprint density at radius 3 is 2.76 bits per heavy atom. The highest BCUT2D eigenvalue weighted by Crippen LogP contribution is 2.31. The Bertz CT molecular complexity index is 1490. The van der Waals surface area contributed by atoms with E-state index in [1.165, 1.54) is 0 Å². The van der Waals surface area contributed by atoms with Crippen LogP contribution in [0.15, 0.2) is 54.7 Å². The first-order valence-electron chi connectivity index (χ1n) is 12.7. The van der Waals surface area contributed by atoms with Crippen LogP contribution in [0.1, 0.15) is 39.4 Å². The summed E-state index contributed by atoms with van der Waals surface area (Å²) in [4.78, 5) is 30.3. The van der Waals surface area contributed by atoms with E-state index in [4.69, 9.17) is 15.0 Å². The van der Waals surface area contributed by atoms with Crippen LogP contribution in [0.5, 0.6) is 0 Å². The Kier molecular flexibility index (Phi) is 6.07. The van der Waals surface area contributed by atoms with Gasteiger partial charge in [-0.15, -0.1) is 0 Å². The Balaban J connectivity index is 1.20. The summed E-state index contributed by atoms with van der Waals surface area (Å²) in [6.45, 7) is 6.61. The predicted molar refractivity (Wildman–Crippen MR) is 142 cm³/mol. The Morgan fingerprint density at radius 2 is 1.95 bits per heavy atom. The van der Waals surface area contributed by atoms with Crippen LogP contribution in [-0.4, -0.2) is 65.2 Å². The number of nitriles is 1. The van der Waals surface area contributed by atoms with E-state index in [0.29, 0.717) is 36.7 Å². The molecule has 186 valence electrons. The van der Waals surface area contributed by atoms with Crippen LogP contribution >= 0.6 is 0 Å². The minimum atomic E-state index is 0.0228. The van der Waals surface area contributed by atoms with Gasteiger partial charge in [0.25, 0.3) is 5.91 Å². The Morgan fingerprint density at radius 1 is 1.11 bits per heavy atom. The van der Waals surface area contributed by atoms with Gasteiger partial charge in [-0.1, -0.05) is 18.2 Å². The highest BCUT2D eigenvalue weighted by atomic mass is 16.5. The van der Waals surface area contributed by atoms with E-state index < -0.39 is 0 Å². The van der Waals surface area contributed by atoms with Crippen molar-refractivity contribution in [3.63, 3.8) is 0 Å². The van der Waals surface area contributed by atoms with Gasteiger partial charge in [-0.3, -0.25) is 4.79 Å². The maximum atomic E-state index is 13.2. The van der Waals surface area contributed by atoms with Gasteiger partial charge in [-0.2, -0.15) is 5.26 Å². The first-order chi connectivity index (χ1) is 18.1. The van der Waals surface area contributed by atoms with Crippen molar-refractivity contribution < 1.29 is 9.53 Å². The Hall–Kier alpha value is -4.22. The number of amides is 1. The second kappa shape index (κ2) is 9.68. The van der Waals surface area contributed by atoms with Crippen molar-refractivity contribution in [3.8, 4) is 17.5 Å². The quantitative estimate of drug-likeness (QED) is 0.457. The average Bonchev–Trinajstić information content (AvgIpc) is 3.12. The van der Waals surface area contributed by atoms with Crippen LogP contribution < -0.4 is 4.90 Å². The van der Waals surface area contributed by atoms with Crippen LogP contribution in [0.4, 0.5) is 5.82 Å². The van der Waals surface area contributed by atoms with Crippen molar-refractivity contribution in [2.24, 2.45) is 0 Å². The zero-order valence-corrected chi connectivity index (χ0v) is 20.8. The molecule has 1 N–H and O–H groups in total. The number of hydrogen-bond acceptors (Lipinski definition) is 6. The standard InChI is InChI=1S/C29H28N6O2/c1-19-3-6-22(29(36)35-17-23(18-35)21-7-4-20(15-30)5-8-21)13-24(19)28-32-25-14-27(31-16-26(25)33-28)34-9-2-11-37-12-10-34/h3-8,13-14,16,23H,2,9-12,17-18H2,1H3,(H,32,33). The Labute approximate surface area is 215 Å². The fourth-order valence-electron chi connectivity index (χ4n) is 5.05. The van der Waals surface area contributed by atoms with Crippen LogP contribution in [0.2, 0.25) is 0 Å². The van der Waals surface area contributed by atoms with E-state index in [2.05, 4.69) is 20.9 Å². The van der Waals surface area contributed by atoms with Crippen molar-refractivity contribution in [2.45, 2.75) is 19.3 Å². The van der Waals surface area contributed by atoms with Gasteiger partial charge in [0, 0.05) is 55.9 Å². The molecule has 0 saturated carbocycles. The van der Waals surface area contributed by atoms with Gasteiger partial charge in [0.15, 0.2) is 0 Å². The average molecular weight is 493 g/mol. The van der Waals surface area contributed by atoms with E-state index in [1.54, 1.807) is 0 Å². The third kappa shape index (κ3) is 4.54. The molecular weight excluding hydrogens is 464 g/mol. The van der Waals surface area contributed by atoms with E-state index in [0.717, 1.165) is 65.5 Å². The van der Waals surface area contributed by atoms with Gasteiger partial charge in [0.05, 0.1) is 35.5 Å². The number of benzene rings is 2. The number of pyridine rings is 1.